The highest BCUT2D eigenvalue weighted by atomic mass is 16.5. The van der Waals surface area contributed by atoms with Gasteiger partial charge in [0, 0.05) is 12.5 Å². The molecule has 2 aromatic carbocycles. The third kappa shape index (κ3) is 2.55. The van der Waals surface area contributed by atoms with Crippen LogP contribution in [0.4, 0.5) is 5.69 Å². The Morgan fingerprint density at radius 2 is 1.91 bits per heavy atom. The van der Waals surface area contributed by atoms with Crippen LogP contribution >= 0.6 is 0 Å². The zero-order chi connectivity index (χ0) is 15.5. The first kappa shape index (κ1) is 14.2. The Hall–Kier alpha value is -2.75. The van der Waals surface area contributed by atoms with E-state index in [0.29, 0.717) is 6.61 Å². The average Bonchev–Trinajstić information content (AvgIpc) is 2.54. The van der Waals surface area contributed by atoms with Crippen molar-refractivity contribution in [2.75, 3.05) is 18.6 Å². The summed E-state index contributed by atoms with van der Waals surface area (Å²) in [5, 5.41) is 0. The summed E-state index contributed by atoms with van der Waals surface area (Å²) in [5.74, 6) is 1.43. The summed E-state index contributed by atoms with van der Waals surface area (Å²) < 4.78 is 11.1. The van der Waals surface area contributed by atoms with E-state index in [0.717, 1.165) is 28.4 Å². The van der Waals surface area contributed by atoms with Crippen molar-refractivity contribution in [3.8, 4) is 11.5 Å². The van der Waals surface area contributed by atoms with E-state index in [-0.39, 0.29) is 5.91 Å². The second-order valence-electron chi connectivity index (χ2n) is 4.99. The zero-order valence-corrected chi connectivity index (χ0v) is 12.6. The van der Waals surface area contributed by atoms with Crippen LogP contribution in [0.3, 0.4) is 0 Å². The van der Waals surface area contributed by atoms with Crippen molar-refractivity contribution in [2.24, 2.45) is 0 Å². The fraction of sp³-hybridized carbons (Fsp3) is 0.167. The summed E-state index contributed by atoms with van der Waals surface area (Å²) in [6.07, 6.45) is 1.93. The molecule has 1 aliphatic rings. The quantitative estimate of drug-likeness (QED) is 0.851. The molecule has 112 valence electrons. The van der Waals surface area contributed by atoms with Crippen molar-refractivity contribution in [3.05, 3.63) is 59.8 Å². The molecule has 0 saturated heterocycles. The van der Waals surface area contributed by atoms with Crippen LogP contribution in [0.25, 0.3) is 6.08 Å². The molecule has 0 aromatic heterocycles. The Labute approximate surface area is 129 Å². The van der Waals surface area contributed by atoms with Crippen molar-refractivity contribution in [3.63, 3.8) is 0 Å². The van der Waals surface area contributed by atoms with Gasteiger partial charge in [0.15, 0.2) is 0 Å². The maximum atomic E-state index is 12.1. The van der Waals surface area contributed by atoms with E-state index in [1.165, 1.54) is 0 Å². The normalized spacial score (nSPS) is 15.2. The minimum Gasteiger partial charge on any atom is -0.496 e. The summed E-state index contributed by atoms with van der Waals surface area (Å²) in [4.78, 5) is 13.8. The molecular formula is C18H17NO3. The van der Waals surface area contributed by atoms with E-state index in [9.17, 15) is 4.79 Å². The molecule has 0 N–H and O–H groups in total. The van der Waals surface area contributed by atoms with Crippen LogP contribution in [0.2, 0.25) is 0 Å². The smallest absolute Gasteiger partial charge is 0.228 e. The number of carbonyl (C=O) groups excluding carboxylic acids is 1. The zero-order valence-electron chi connectivity index (χ0n) is 12.6. The van der Waals surface area contributed by atoms with Crippen LogP contribution in [-0.2, 0) is 4.79 Å². The summed E-state index contributed by atoms with van der Waals surface area (Å²) in [5.41, 5.74) is 2.47. The minimum absolute atomic E-state index is 0.0445. The van der Waals surface area contributed by atoms with Crippen molar-refractivity contribution in [2.45, 2.75) is 6.92 Å². The molecule has 0 radical (unpaired) electrons. The average molecular weight is 295 g/mol. The van der Waals surface area contributed by atoms with E-state index in [4.69, 9.17) is 9.47 Å². The van der Waals surface area contributed by atoms with Crippen LogP contribution in [0.5, 0.6) is 11.5 Å². The molecule has 0 atom stereocenters. The highest BCUT2D eigenvalue weighted by Crippen LogP contribution is 2.36. The Balaban J connectivity index is 2.07. The lowest BCUT2D eigenvalue weighted by Gasteiger charge is -2.31. The fourth-order valence-corrected chi connectivity index (χ4v) is 2.58. The number of hydrogen-bond donors (Lipinski definition) is 0. The highest BCUT2D eigenvalue weighted by Gasteiger charge is 2.25. The predicted octanol–water partition coefficient (Wildman–Crippen LogP) is 3.48. The van der Waals surface area contributed by atoms with Gasteiger partial charge < -0.3 is 9.47 Å². The number of para-hydroxylation sites is 3. The number of fused-ring (bicyclic) bond motifs is 1. The Morgan fingerprint density at radius 3 is 2.68 bits per heavy atom. The molecule has 0 fully saturated rings. The fourth-order valence-electron chi connectivity index (χ4n) is 2.58. The van der Waals surface area contributed by atoms with E-state index < -0.39 is 0 Å². The maximum absolute atomic E-state index is 12.1. The molecule has 1 aliphatic heterocycles. The van der Waals surface area contributed by atoms with Crippen LogP contribution in [0, 0.1) is 0 Å². The molecule has 0 saturated carbocycles. The van der Waals surface area contributed by atoms with Crippen LogP contribution in [0.15, 0.2) is 54.2 Å². The van der Waals surface area contributed by atoms with Gasteiger partial charge in [-0.05, 0) is 24.3 Å². The lowest BCUT2D eigenvalue weighted by molar-refractivity contribution is -0.116. The summed E-state index contributed by atoms with van der Waals surface area (Å²) >= 11 is 0. The molecule has 2 aromatic rings. The summed E-state index contributed by atoms with van der Waals surface area (Å²) in [6.45, 7) is 1.90. The number of carbonyl (C=O) groups is 1. The molecule has 3 rings (SSSR count). The second kappa shape index (κ2) is 5.93. The van der Waals surface area contributed by atoms with Crippen molar-refractivity contribution in [1.29, 1.82) is 0 Å². The van der Waals surface area contributed by atoms with Gasteiger partial charge in [-0.15, -0.1) is 0 Å². The number of ether oxygens (including phenoxy) is 2. The van der Waals surface area contributed by atoms with E-state index >= 15 is 0 Å². The number of anilines is 1. The van der Waals surface area contributed by atoms with Crippen LogP contribution < -0.4 is 14.4 Å². The van der Waals surface area contributed by atoms with Crippen LogP contribution in [-0.4, -0.2) is 19.6 Å². The van der Waals surface area contributed by atoms with Gasteiger partial charge in [-0.1, -0.05) is 30.3 Å². The molecule has 0 aliphatic carbocycles. The second-order valence-corrected chi connectivity index (χ2v) is 4.99. The lowest BCUT2D eigenvalue weighted by atomic mass is 10.1. The molecule has 22 heavy (non-hydrogen) atoms. The molecule has 0 unspecified atom stereocenters. The molecule has 0 spiro atoms. The first-order valence-corrected chi connectivity index (χ1v) is 7.07. The molecule has 1 amide bonds. The van der Waals surface area contributed by atoms with Gasteiger partial charge in [-0.3, -0.25) is 9.69 Å². The number of rotatable bonds is 2. The first-order chi connectivity index (χ1) is 10.7. The molecular weight excluding hydrogens is 278 g/mol. The molecule has 1 heterocycles. The summed E-state index contributed by atoms with van der Waals surface area (Å²) in [6, 6.07) is 15.2. The van der Waals surface area contributed by atoms with Crippen LogP contribution in [0.1, 0.15) is 12.5 Å². The van der Waals surface area contributed by atoms with E-state index in [1.807, 2.05) is 54.6 Å². The largest absolute Gasteiger partial charge is 0.496 e. The SMILES string of the molecule is COc1ccccc1/C=C1/COc2ccccc2N1C(C)=O. The number of benzene rings is 2. The van der Waals surface area contributed by atoms with Crippen molar-refractivity contribution in [1.82, 2.24) is 0 Å². The lowest BCUT2D eigenvalue weighted by Crippen LogP contribution is -2.34. The minimum atomic E-state index is -0.0445. The summed E-state index contributed by atoms with van der Waals surface area (Å²) in [7, 11) is 1.63. The number of amides is 1. The van der Waals surface area contributed by atoms with Crippen molar-refractivity contribution >= 4 is 17.7 Å². The molecule has 0 bridgehead atoms. The number of methoxy groups -OCH3 is 1. The van der Waals surface area contributed by atoms with Gasteiger partial charge in [-0.25, -0.2) is 0 Å². The maximum Gasteiger partial charge on any atom is 0.228 e. The Bertz CT molecular complexity index is 737. The Kier molecular flexibility index (Phi) is 3.83. The van der Waals surface area contributed by atoms with E-state index in [2.05, 4.69) is 0 Å². The number of nitrogens with zero attached hydrogens (tertiary/aromatic N) is 1. The van der Waals surface area contributed by atoms with Gasteiger partial charge in [0.25, 0.3) is 0 Å². The monoisotopic (exact) mass is 295 g/mol. The van der Waals surface area contributed by atoms with E-state index in [1.54, 1.807) is 18.9 Å². The third-order valence-corrected chi connectivity index (χ3v) is 3.54. The van der Waals surface area contributed by atoms with Gasteiger partial charge in [0.2, 0.25) is 5.91 Å². The van der Waals surface area contributed by atoms with Gasteiger partial charge in [-0.2, -0.15) is 0 Å². The highest BCUT2D eigenvalue weighted by molar-refractivity contribution is 5.98. The predicted molar refractivity (Wildman–Crippen MR) is 86.1 cm³/mol. The Morgan fingerprint density at radius 1 is 1.18 bits per heavy atom. The standard InChI is InChI=1S/C18H17NO3/c1-13(20)19-15(11-14-7-3-5-9-17(14)21-2)12-22-18-10-6-4-8-16(18)19/h3-11H,12H2,1-2H3/b15-11-. The van der Waals surface area contributed by atoms with Gasteiger partial charge in [0.1, 0.15) is 18.1 Å². The third-order valence-electron chi connectivity index (χ3n) is 3.54. The first-order valence-electron chi connectivity index (χ1n) is 7.07. The van der Waals surface area contributed by atoms with Gasteiger partial charge >= 0.3 is 0 Å². The molecule has 4 heteroatoms. The number of hydrogen-bond acceptors (Lipinski definition) is 3. The topological polar surface area (TPSA) is 38.8 Å². The van der Waals surface area contributed by atoms with Gasteiger partial charge in [0.05, 0.1) is 18.5 Å². The van der Waals surface area contributed by atoms with Crippen molar-refractivity contribution < 1.29 is 14.3 Å². The molecule has 4 nitrogen and oxygen atoms in total.